The summed E-state index contributed by atoms with van der Waals surface area (Å²) in [6.45, 7) is 1.94. The quantitative estimate of drug-likeness (QED) is 0.590. The van der Waals surface area contributed by atoms with Gasteiger partial charge in [-0.2, -0.15) is 0 Å². The van der Waals surface area contributed by atoms with E-state index >= 15 is 0 Å². The zero-order chi connectivity index (χ0) is 18.7. The van der Waals surface area contributed by atoms with Crippen LogP contribution in [0.3, 0.4) is 0 Å². The summed E-state index contributed by atoms with van der Waals surface area (Å²) in [6, 6.07) is 4.06. The van der Waals surface area contributed by atoms with Crippen LogP contribution in [0.4, 0.5) is 11.4 Å². The number of likely N-dealkylation sites (tertiary alicyclic amines) is 1. The third-order valence-corrected chi connectivity index (χ3v) is 4.85. The Morgan fingerprint density at radius 2 is 2.07 bits per heavy atom. The summed E-state index contributed by atoms with van der Waals surface area (Å²) < 4.78 is 5.32. The number of hydrogen-bond acceptors (Lipinski definition) is 6. The largest absolute Gasteiger partial charge is 0.482 e. The molecule has 0 radical (unpaired) electrons. The molecule has 148 valence electrons. The Labute approximate surface area is 163 Å². The number of nitro benzene ring substituents is 1. The van der Waals surface area contributed by atoms with Crippen molar-refractivity contribution in [2.75, 3.05) is 44.7 Å². The number of carbonyl (C=O) groups is 2. The number of benzene rings is 1. The maximum atomic E-state index is 12.6. The van der Waals surface area contributed by atoms with E-state index in [1.54, 1.807) is 4.90 Å². The summed E-state index contributed by atoms with van der Waals surface area (Å²) in [5, 5.41) is 14.2. The number of hydrogen-bond donors (Lipinski definition) is 1. The summed E-state index contributed by atoms with van der Waals surface area (Å²) in [6.07, 6.45) is 1.84. The number of fused-ring (bicyclic) bond motifs is 1. The van der Waals surface area contributed by atoms with E-state index in [4.69, 9.17) is 4.74 Å². The van der Waals surface area contributed by atoms with Gasteiger partial charge in [0.05, 0.1) is 10.6 Å². The third kappa shape index (κ3) is 4.67. The normalized spacial score (nSPS) is 17.0. The molecular formula is C17H23ClN4O5. The van der Waals surface area contributed by atoms with Crippen molar-refractivity contribution in [1.29, 1.82) is 0 Å². The van der Waals surface area contributed by atoms with Crippen LogP contribution in [0.15, 0.2) is 18.2 Å². The van der Waals surface area contributed by atoms with Crippen LogP contribution in [0.5, 0.6) is 5.75 Å². The van der Waals surface area contributed by atoms with E-state index in [0.717, 1.165) is 19.4 Å². The van der Waals surface area contributed by atoms with Gasteiger partial charge in [0.25, 0.3) is 11.6 Å². The Bertz CT molecular complexity index is 721. The molecule has 1 saturated heterocycles. The minimum atomic E-state index is -0.536. The van der Waals surface area contributed by atoms with Crippen LogP contribution in [0.25, 0.3) is 0 Å². The van der Waals surface area contributed by atoms with Crippen LogP contribution < -0.4 is 15.0 Å². The van der Waals surface area contributed by atoms with Crippen LogP contribution in [0.2, 0.25) is 0 Å². The van der Waals surface area contributed by atoms with Gasteiger partial charge in [-0.05, 0) is 38.4 Å². The lowest BCUT2D eigenvalue weighted by Gasteiger charge is -2.34. The molecule has 1 aromatic rings. The number of nitrogens with zero attached hydrogens (tertiary/aromatic N) is 3. The van der Waals surface area contributed by atoms with Crippen molar-refractivity contribution in [3.05, 3.63) is 28.3 Å². The lowest BCUT2D eigenvalue weighted by Crippen LogP contribution is -2.48. The van der Waals surface area contributed by atoms with E-state index in [-0.39, 0.29) is 48.7 Å². The second-order valence-electron chi connectivity index (χ2n) is 6.56. The summed E-state index contributed by atoms with van der Waals surface area (Å²) in [4.78, 5) is 38.4. The highest BCUT2D eigenvalue weighted by molar-refractivity contribution is 6.02. The van der Waals surface area contributed by atoms with Gasteiger partial charge in [-0.15, -0.1) is 12.4 Å². The highest BCUT2D eigenvalue weighted by Gasteiger charge is 2.31. The molecule has 2 aliphatic heterocycles. The molecule has 1 fully saturated rings. The van der Waals surface area contributed by atoms with Gasteiger partial charge in [0.1, 0.15) is 12.3 Å². The summed E-state index contributed by atoms with van der Waals surface area (Å²) in [7, 11) is 1.91. The van der Waals surface area contributed by atoms with Gasteiger partial charge in [-0.25, -0.2) is 0 Å². The van der Waals surface area contributed by atoms with Gasteiger partial charge in [-0.3, -0.25) is 24.6 Å². The minimum Gasteiger partial charge on any atom is -0.482 e. The van der Waals surface area contributed by atoms with E-state index in [0.29, 0.717) is 24.8 Å². The third-order valence-electron chi connectivity index (χ3n) is 4.85. The van der Waals surface area contributed by atoms with Crippen molar-refractivity contribution in [2.24, 2.45) is 5.92 Å². The number of non-ortho nitro benzene ring substituents is 1. The average Bonchev–Trinajstić information content (AvgIpc) is 2.64. The number of ether oxygens (including phenoxy) is 1. The van der Waals surface area contributed by atoms with Crippen LogP contribution in [0.1, 0.15) is 12.8 Å². The molecule has 10 heteroatoms. The molecule has 2 amide bonds. The second kappa shape index (κ2) is 9.01. The van der Waals surface area contributed by atoms with Gasteiger partial charge in [0.15, 0.2) is 6.61 Å². The molecule has 0 saturated carbocycles. The molecule has 3 rings (SSSR count). The number of piperidine rings is 1. The first kappa shape index (κ1) is 20.9. The monoisotopic (exact) mass is 398 g/mol. The molecule has 9 nitrogen and oxygen atoms in total. The fourth-order valence-corrected chi connectivity index (χ4v) is 3.39. The standard InChI is InChI=1S/C17H22N4O5.ClH/c1-18-9-12-4-6-19(7-5-12)16(22)10-20-14-8-13(21(24)25)2-3-15(14)26-11-17(20)23;/h2-3,8,12,18H,4-7,9-11H2,1H3;1H. The fraction of sp³-hybridized carbons (Fsp3) is 0.529. The average molecular weight is 399 g/mol. The predicted octanol–water partition coefficient (Wildman–Crippen LogP) is 1.20. The first-order chi connectivity index (χ1) is 12.5. The molecule has 0 unspecified atom stereocenters. The summed E-state index contributed by atoms with van der Waals surface area (Å²) in [5.41, 5.74) is 0.126. The number of nitrogens with one attached hydrogen (secondary N) is 1. The van der Waals surface area contributed by atoms with E-state index < -0.39 is 4.92 Å². The lowest BCUT2D eigenvalue weighted by molar-refractivity contribution is -0.384. The fourth-order valence-electron chi connectivity index (χ4n) is 3.39. The molecule has 0 spiro atoms. The van der Waals surface area contributed by atoms with Crippen molar-refractivity contribution in [3.8, 4) is 5.75 Å². The number of halogens is 1. The van der Waals surface area contributed by atoms with Crippen molar-refractivity contribution in [1.82, 2.24) is 10.2 Å². The lowest BCUT2D eigenvalue weighted by atomic mass is 9.97. The van der Waals surface area contributed by atoms with Crippen LogP contribution in [0, 0.1) is 16.0 Å². The number of carbonyl (C=O) groups excluding carboxylic acids is 2. The Morgan fingerprint density at radius 3 is 2.70 bits per heavy atom. The maximum Gasteiger partial charge on any atom is 0.271 e. The van der Waals surface area contributed by atoms with E-state index in [1.807, 2.05) is 7.05 Å². The Kier molecular flexibility index (Phi) is 6.98. The first-order valence-corrected chi connectivity index (χ1v) is 8.63. The maximum absolute atomic E-state index is 12.6. The molecule has 0 bridgehead atoms. The van der Waals surface area contributed by atoms with Gasteiger partial charge >= 0.3 is 0 Å². The first-order valence-electron chi connectivity index (χ1n) is 8.63. The molecule has 1 N–H and O–H groups in total. The van der Waals surface area contributed by atoms with Gasteiger partial charge < -0.3 is 15.0 Å². The van der Waals surface area contributed by atoms with Crippen molar-refractivity contribution in [2.45, 2.75) is 12.8 Å². The molecular weight excluding hydrogens is 376 g/mol. The summed E-state index contributed by atoms with van der Waals surface area (Å²) in [5.74, 6) is 0.394. The minimum absolute atomic E-state index is 0. The molecule has 2 heterocycles. The molecule has 0 atom stereocenters. The molecule has 1 aromatic carbocycles. The smallest absolute Gasteiger partial charge is 0.271 e. The number of anilines is 1. The Balaban J connectivity index is 0.00000261. The number of rotatable bonds is 5. The SMILES string of the molecule is CNCC1CCN(C(=O)CN2C(=O)COc3ccc([N+](=O)[O-])cc32)CC1.Cl. The van der Waals surface area contributed by atoms with Crippen molar-refractivity contribution >= 4 is 35.6 Å². The second-order valence-corrected chi connectivity index (χ2v) is 6.56. The molecule has 0 aromatic heterocycles. The highest BCUT2D eigenvalue weighted by Crippen LogP contribution is 2.35. The zero-order valence-electron chi connectivity index (χ0n) is 15.1. The van der Waals surface area contributed by atoms with E-state index in [2.05, 4.69) is 5.32 Å². The van der Waals surface area contributed by atoms with Gasteiger partial charge in [-0.1, -0.05) is 0 Å². The van der Waals surface area contributed by atoms with Gasteiger partial charge in [0, 0.05) is 25.2 Å². The summed E-state index contributed by atoms with van der Waals surface area (Å²) >= 11 is 0. The Morgan fingerprint density at radius 1 is 1.37 bits per heavy atom. The van der Waals surface area contributed by atoms with Crippen molar-refractivity contribution < 1.29 is 19.2 Å². The number of amides is 2. The topological polar surface area (TPSA) is 105 Å². The van der Waals surface area contributed by atoms with Crippen LogP contribution in [-0.4, -0.2) is 61.5 Å². The van der Waals surface area contributed by atoms with E-state index in [9.17, 15) is 19.7 Å². The van der Waals surface area contributed by atoms with Gasteiger partial charge in [0.2, 0.25) is 5.91 Å². The molecule has 27 heavy (non-hydrogen) atoms. The molecule has 0 aliphatic carbocycles. The molecule has 2 aliphatic rings. The van der Waals surface area contributed by atoms with E-state index in [1.165, 1.54) is 23.1 Å². The number of nitro groups is 1. The zero-order valence-corrected chi connectivity index (χ0v) is 15.9. The van der Waals surface area contributed by atoms with Crippen LogP contribution in [-0.2, 0) is 9.59 Å². The highest BCUT2D eigenvalue weighted by atomic mass is 35.5. The van der Waals surface area contributed by atoms with Crippen LogP contribution >= 0.6 is 12.4 Å². The van der Waals surface area contributed by atoms with Crippen molar-refractivity contribution in [3.63, 3.8) is 0 Å². The Hall–Kier alpha value is -2.39. The predicted molar refractivity (Wildman–Crippen MR) is 101 cm³/mol.